The molecular weight excluding hydrogens is 226 g/mol. The molecular formula is C8H6ClNO5. The quantitative estimate of drug-likeness (QED) is 0.476. The predicted molar refractivity (Wildman–Crippen MR) is 51.1 cm³/mol. The zero-order chi connectivity index (χ0) is 11.6. The highest BCUT2D eigenvalue weighted by molar-refractivity contribution is 6.34. The molecule has 80 valence electrons. The first-order valence-corrected chi connectivity index (χ1v) is 4.10. The number of carbonyl (C=O) groups excluding carboxylic acids is 1. The third-order valence-corrected chi connectivity index (χ3v) is 2.04. The van der Waals surface area contributed by atoms with E-state index in [4.69, 9.17) is 11.6 Å². The second-order valence-electron chi connectivity index (χ2n) is 2.58. The molecule has 1 aromatic rings. The van der Waals surface area contributed by atoms with Crippen molar-refractivity contribution < 1.29 is 19.6 Å². The van der Waals surface area contributed by atoms with Crippen LogP contribution in [0, 0.1) is 10.1 Å². The first-order valence-electron chi connectivity index (χ1n) is 3.72. The molecule has 0 radical (unpaired) electrons. The van der Waals surface area contributed by atoms with Gasteiger partial charge in [0.15, 0.2) is 5.02 Å². The first kappa shape index (κ1) is 11.3. The van der Waals surface area contributed by atoms with E-state index in [-0.39, 0.29) is 5.56 Å². The van der Waals surface area contributed by atoms with Crippen LogP contribution in [0.5, 0.6) is 5.75 Å². The van der Waals surface area contributed by atoms with Gasteiger partial charge in [0.25, 0.3) is 5.69 Å². The molecule has 0 atom stereocenters. The van der Waals surface area contributed by atoms with Gasteiger partial charge in [-0.15, -0.1) is 0 Å². The lowest BCUT2D eigenvalue weighted by atomic mass is 10.2. The van der Waals surface area contributed by atoms with Crippen LogP contribution in [-0.2, 0) is 4.74 Å². The number of nitro groups is 1. The van der Waals surface area contributed by atoms with Gasteiger partial charge in [-0.05, 0) is 6.07 Å². The SMILES string of the molecule is COC(=O)c1cc(O)c(Cl)c([N+](=O)[O-])c1. The van der Waals surface area contributed by atoms with Crippen LogP contribution in [-0.4, -0.2) is 23.1 Å². The van der Waals surface area contributed by atoms with Gasteiger partial charge < -0.3 is 9.84 Å². The van der Waals surface area contributed by atoms with Crippen molar-refractivity contribution in [1.29, 1.82) is 0 Å². The highest BCUT2D eigenvalue weighted by atomic mass is 35.5. The molecule has 0 aliphatic heterocycles. The minimum absolute atomic E-state index is 0.133. The number of nitro benzene ring substituents is 1. The van der Waals surface area contributed by atoms with Crippen molar-refractivity contribution in [3.05, 3.63) is 32.8 Å². The summed E-state index contributed by atoms with van der Waals surface area (Å²) in [5, 5.41) is 19.3. The molecule has 0 aliphatic rings. The Hall–Kier alpha value is -1.82. The summed E-state index contributed by atoms with van der Waals surface area (Å²) in [6, 6.07) is 1.94. The van der Waals surface area contributed by atoms with Gasteiger partial charge in [-0.2, -0.15) is 0 Å². The summed E-state index contributed by atoms with van der Waals surface area (Å²) in [7, 11) is 1.12. The van der Waals surface area contributed by atoms with Gasteiger partial charge in [-0.3, -0.25) is 10.1 Å². The summed E-state index contributed by atoms with van der Waals surface area (Å²) < 4.78 is 4.35. The molecule has 0 aromatic heterocycles. The molecule has 1 N–H and O–H groups in total. The Kier molecular flexibility index (Phi) is 3.11. The van der Waals surface area contributed by atoms with Gasteiger partial charge >= 0.3 is 5.97 Å². The van der Waals surface area contributed by atoms with Crippen LogP contribution in [0.2, 0.25) is 5.02 Å². The van der Waals surface area contributed by atoms with Crippen molar-refractivity contribution in [3.63, 3.8) is 0 Å². The Bertz CT molecular complexity index is 431. The molecule has 6 nitrogen and oxygen atoms in total. The van der Waals surface area contributed by atoms with Crippen LogP contribution in [0.25, 0.3) is 0 Å². The second kappa shape index (κ2) is 4.14. The third-order valence-electron chi connectivity index (χ3n) is 1.65. The van der Waals surface area contributed by atoms with Gasteiger partial charge in [0.2, 0.25) is 0 Å². The highest BCUT2D eigenvalue weighted by Gasteiger charge is 2.20. The summed E-state index contributed by atoms with van der Waals surface area (Å²) >= 11 is 5.46. The molecule has 0 saturated heterocycles. The van der Waals surface area contributed by atoms with Crippen molar-refractivity contribution in [2.45, 2.75) is 0 Å². The van der Waals surface area contributed by atoms with E-state index < -0.39 is 27.4 Å². The van der Waals surface area contributed by atoms with E-state index in [0.717, 1.165) is 19.2 Å². The molecule has 1 rings (SSSR count). The van der Waals surface area contributed by atoms with Gasteiger partial charge in [-0.25, -0.2) is 4.79 Å². The Labute approximate surface area is 89.2 Å². The molecule has 15 heavy (non-hydrogen) atoms. The number of hydrogen-bond acceptors (Lipinski definition) is 5. The van der Waals surface area contributed by atoms with Crippen molar-refractivity contribution >= 4 is 23.3 Å². The van der Waals surface area contributed by atoms with Crippen LogP contribution in [0.3, 0.4) is 0 Å². The topological polar surface area (TPSA) is 89.7 Å². The number of benzene rings is 1. The Balaban J connectivity index is 3.35. The number of carbonyl (C=O) groups is 1. The van der Waals surface area contributed by atoms with E-state index in [1.807, 2.05) is 0 Å². The molecule has 7 heteroatoms. The molecule has 0 spiro atoms. The Morgan fingerprint density at radius 3 is 2.67 bits per heavy atom. The predicted octanol–water partition coefficient (Wildman–Crippen LogP) is 1.74. The van der Waals surface area contributed by atoms with E-state index in [1.54, 1.807) is 0 Å². The molecule has 0 fully saturated rings. The van der Waals surface area contributed by atoms with Crippen LogP contribution in [0.4, 0.5) is 5.69 Å². The third kappa shape index (κ3) is 2.16. The zero-order valence-electron chi connectivity index (χ0n) is 7.56. The van der Waals surface area contributed by atoms with Crippen molar-refractivity contribution in [3.8, 4) is 5.75 Å². The van der Waals surface area contributed by atoms with Gasteiger partial charge in [-0.1, -0.05) is 11.6 Å². The lowest BCUT2D eigenvalue weighted by Crippen LogP contribution is -2.02. The maximum atomic E-state index is 11.1. The number of nitrogens with zero attached hydrogens (tertiary/aromatic N) is 1. The number of aromatic hydroxyl groups is 1. The molecule has 0 amide bonds. The fourth-order valence-corrected chi connectivity index (χ4v) is 1.14. The standard InChI is InChI=1S/C8H6ClNO5/c1-15-8(12)4-2-5(10(13)14)7(9)6(11)3-4/h2-3,11H,1H3. The van der Waals surface area contributed by atoms with Gasteiger partial charge in [0.1, 0.15) is 5.75 Å². The normalized spacial score (nSPS) is 9.73. The number of esters is 1. The van der Waals surface area contributed by atoms with Crippen LogP contribution in [0.15, 0.2) is 12.1 Å². The van der Waals surface area contributed by atoms with Crippen LogP contribution < -0.4 is 0 Å². The number of methoxy groups -OCH3 is 1. The Morgan fingerprint density at radius 1 is 1.60 bits per heavy atom. The fourth-order valence-electron chi connectivity index (χ4n) is 0.963. The number of halogens is 1. The fraction of sp³-hybridized carbons (Fsp3) is 0.125. The van der Waals surface area contributed by atoms with Crippen molar-refractivity contribution in [1.82, 2.24) is 0 Å². The van der Waals surface area contributed by atoms with E-state index in [0.29, 0.717) is 0 Å². The number of rotatable bonds is 2. The summed E-state index contributed by atoms with van der Waals surface area (Å²) in [5.74, 6) is -1.32. The number of hydrogen-bond donors (Lipinski definition) is 1. The highest BCUT2D eigenvalue weighted by Crippen LogP contribution is 2.34. The summed E-state index contributed by atoms with van der Waals surface area (Å²) in [6.45, 7) is 0. The van der Waals surface area contributed by atoms with E-state index in [1.165, 1.54) is 0 Å². The van der Waals surface area contributed by atoms with E-state index in [2.05, 4.69) is 4.74 Å². The average molecular weight is 232 g/mol. The van der Waals surface area contributed by atoms with Crippen LogP contribution in [0.1, 0.15) is 10.4 Å². The minimum Gasteiger partial charge on any atom is -0.506 e. The molecule has 1 aromatic carbocycles. The summed E-state index contributed by atoms with van der Waals surface area (Å²) in [5.41, 5.74) is -0.678. The van der Waals surface area contributed by atoms with Gasteiger partial charge in [0.05, 0.1) is 17.6 Å². The first-order chi connectivity index (χ1) is 6.97. The van der Waals surface area contributed by atoms with E-state index >= 15 is 0 Å². The largest absolute Gasteiger partial charge is 0.506 e. The van der Waals surface area contributed by atoms with Gasteiger partial charge in [0, 0.05) is 6.07 Å². The van der Waals surface area contributed by atoms with Crippen molar-refractivity contribution in [2.24, 2.45) is 0 Å². The second-order valence-corrected chi connectivity index (χ2v) is 2.96. The minimum atomic E-state index is -0.797. The molecule has 0 aliphatic carbocycles. The molecule has 0 heterocycles. The molecule has 0 bridgehead atoms. The smallest absolute Gasteiger partial charge is 0.338 e. The lowest BCUT2D eigenvalue weighted by molar-refractivity contribution is -0.384. The van der Waals surface area contributed by atoms with Crippen LogP contribution >= 0.6 is 11.6 Å². The maximum Gasteiger partial charge on any atom is 0.338 e. The number of ether oxygens (including phenoxy) is 1. The van der Waals surface area contributed by atoms with E-state index in [9.17, 15) is 20.0 Å². The molecule has 0 saturated carbocycles. The van der Waals surface area contributed by atoms with Crippen molar-refractivity contribution in [2.75, 3.05) is 7.11 Å². The summed E-state index contributed by atoms with van der Waals surface area (Å²) in [6.07, 6.45) is 0. The lowest BCUT2D eigenvalue weighted by Gasteiger charge is -2.02. The Morgan fingerprint density at radius 2 is 2.20 bits per heavy atom. The summed E-state index contributed by atoms with van der Waals surface area (Å²) in [4.78, 5) is 20.8. The monoisotopic (exact) mass is 231 g/mol. The zero-order valence-corrected chi connectivity index (χ0v) is 8.32. The maximum absolute atomic E-state index is 11.1. The average Bonchev–Trinajstić information content (AvgIpc) is 2.20. The molecule has 0 unspecified atom stereocenters. The number of phenolic OH excluding ortho intramolecular Hbond substituents is 1. The number of phenols is 1.